The fourth-order valence-electron chi connectivity index (χ4n) is 1.95. The Kier molecular flexibility index (Phi) is 3.19. The number of carboxylic acid groups (broad SMARTS) is 1. The first-order chi connectivity index (χ1) is 9.58. The number of benzene rings is 2. The standard InChI is InChI=1S/C14H8BrNO3S/c15-11-6-5-8(7-10(11)14(18)19)16-13(17)9-3-1-2-4-12(9)20-16/h1-7H,(H,18,19). The van der Waals surface area contributed by atoms with Gasteiger partial charge in [-0.25, -0.2) is 8.75 Å². The first-order valence-corrected chi connectivity index (χ1v) is 7.29. The van der Waals surface area contributed by atoms with E-state index in [1.165, 1.54) is 21.6 Å². The highest BCUT2D eigenvalue weighted by molar-refractivity contribution is 9.10. The molecule has 4 nitrogen and oxygen atoms in total. The summed E-state index contributed by atoms with van der Waals surface area (Å²) in [4.78, 5) is 23.5. The molecule has 0 radical (unpaired) electrons. The smallest absolute Gasteiger partial charge is 0.336 e. The predicted molar refractivity (Wildman–Crippen MR) is 82.1 cm³/mol. The first kappa shape index (κ1) is 13.1. The van der Waals surface area contributed by atoms with Crippen molar-refractivity contribution < 1.29 is 9.90 Å². The molecule has 0 fully saturated rings. The summed E-state index contributed by atoms with van der Waals surface area (Å²) in [5.41, 5.74) is 0.549. The van der Waals surface area contributed by atoms with E-state index < -0.39 is 5.97 Å². The summed E-state index contributed by atoms with van der Waals surface area (Å²) in [5.74, 6) is -1.03. The summed E-state index contributed by atoms with van der Waals surface area (Å²) in [7, 11) is 0. The van der Waals surface area contributed by atoms with Crippen molar-refractivity contribution in [2.24, 2.45) is 0 Å². The quantitative estimate of drug-likeness (QED) is 0.769. The Labute approximate surface area is 126 Å². The molecule has 100 valence electrons. The molecule has 0 saturated heterocycles. The molecule has 0 aliphatic rings. The maximum Gasteiger partial charge on any atom is 0.336 e. The van der Waals surface area contributed by atoms with Gasteiger partial charge in [0.1, 0.15) is 0 Å². The van der Waals surface area contributed by atoms with Crippen molar-refractivity contribution >= 4 is 43.5 Å². The van der Waals surface area contributed by atoms with Crippen molar-refractivity contribution in [2.75, 3.05) is 0 Å². The second-order valence-corrected chi connectivity index (χ2v) is 6.00. The Hall–Kier alpha value is -1.92. The summed E-state index contributed by atoms with van der Waals surface area (Å²) in [6.07, 6.45) is 0. The van der Waals surface area contributed by atoms with Crippen LogP contribution in [0.2, 0.25) is 0 Å². The number of aromatic carboxylic acids is 1. The lowest BCUT2D eigenvalue weighted by Gasteiger charge is -2.04. The molecule has 3 aromatic rings. The van der Waals surface area contributed by atoms with Crippen LogP contribution in [0.15, 0.2) is 51.7 Å². The van der Waals surface area contributed by atoms with E-state index in [0.29, 0.717) is 15.5 Å². The van der Waals surface area contributed by atoms with Gasteiger partial charge in [-0.2, -0.15) is 0 Å². The molecule has 6 heteroatoms. The zero-order chi connectivity index (χ0) is 14.3. The van der Waals surface area contributed by atoms with Crippen molar-refractivity contribution in [3.8, 4) is 5.69 Å². The SMILES string of the molecule is O=C(O)c1cc(-n2sc3ccccc3c2=O)ccc1Br. The number of carboxylic acids is 1. The van der Waals surface area contributed by atoms with Gasteiger partial charge in [-0.15, -0.1) is 0 Å². The molecule has 1 N–H and O–H groups in total. The Morgan fingerprint density at radius 3 is 2.65 bits per heavy atom. The first-order valence-electron chi connectivity index (χ1n) is 5.72. The maximum absolute atomic E-state index is 12.3. The zero-order valence-corrected chi connectivity index (χ0v) is 12.4. The lowest BCUT2D eigenvalue weighted by Crippen LogP contribution is -2.11. The number of fused-ring (bicyclic) bond motifs is 1. The molecule has 3 rings (SSSR count). The molecule has 0 unspecified atom stereocenters. The van der Waals surface area contributed by atoms with E-state index >= 15 is 0 Å². The monoisotopic (exact) mass is 349 g/mol. The van der Waals surface area contributed by atoms with E-state index in [-0.39, 0.29) is 11.1 Å². The second-order valence-electron chi connectivity index (χ2n) is 4.16. The Bertz CT molecular complexity index is 882. The van der Waals surface area contributed by atoms with E-state index in [9.17, 15) is 9.59 Å². The van der Waals surface area contributed by atoms with Gasteiger partial charge in [-0.3, -0.25) is 4.79 Å². The van der Waals surface area contributed by atoms with Crippen molar-refractivity contribution in [2.45, 2.75) is 0 Å². The van der Waals surface area contributed by atoms with Crippen LogP contribution >= 0.6 is 27.5 Å². The normalized spacial score (nSPS) is 10.8. The largest absolute Gasteiger partial charge is 0.478 e. The summed E-state index contributed by atoms with van der Waals surface area (Å²) in [6, 6.07) is 12.2. The van der Waals surface area contributed by atoms with Crippen LogP contribution in [0.5, 0.6) is 0 Å². The number of halogens is 1. The lowest BCUT2D eigenvalue weighted by atomic mass is 10.2. The van der Waals surface area contributed by atoms with E-state index in [1.54, 1.807) is 18.2 Å². The van der Waals surface area contributed by atoms with Gasteiger partial charge in [0, 0.05) is 4.47 Å². The fourth-order valence-corrected chi connectivity index (χ4v) is 3.35. The molecule has 20 heavy (non-hydrogen) atoms. The fraction of sp³-hybridized carbons (Fsp3) is 0. The summed E-state index contributed by atoms with van der Waals surface area (Å²) in [6.45, 7) is 0. The minimum atomic E-state index is -1.03. The van der Waals surface area contributed by atoms with Gasteiger partial charge in [0.25, 0.3) is 5.56 Å². The highest BCUT2D eigenvalue weighted by Crippen LogP contribution is 2.24. The summed E-state index contributed by atoms with van der Waals surface area (Å²) in [5, 5.41) is 9.77. The van der Waals surface area contributed by atoms with E-state index in [2.05, 4.69) is 15.9 Å². The van der Waals surface area contributed by atoms with Crippen LogP contribution < -0.4 is 5.56 Å². The topological polar surface area (TPSA) is 59.3 Å². The van der Waals surface area contributed by atoms with Gasteiger partial charge in [0.2, 0.25) is 0 Å². The molecule has 0 amide bonds. The third-order valence-electron chi connectivity index (χ3n) is 2.91. The number of hydrogen-bond donors (Lipinski definition) is 1. The van der Waals surface area contributed by atoms with Gasteiger partial charge in [0.15, 0.2) is 0 Å². The van der Waals surface area contributed by atoms with Gasteiger partial charge < -0.3 is 5.11 Å². The molecular weight excluding hydrogens is 342 g/mol. The third kappa shape index (κ3) is 2.07. The Morgan fingerprint density at radius 2 is 1.95 bits per heavy atom. The van der Waals surface area contributed by atoms with Gasteiger partial charge in [0.05, 0.1) is 21.3 Å². The highest BCUT2D eigenvalue weighted by Gasteiger charge is 2.13. The van der Waals surface area contributed by atoms with Crippen LogP contribution in [-0.2, 0) is 0 Å². The highest BCUT2D eigenvalue weighted by atomic mass is 79.9. The van der Waals surface area contributed by atoms with Crippen LogP contribution in [0, 0.1) is 0 Å². The summed E-state index contributed by atoms with van der Waals surface area (Å²) < 4.78 is 2.86. The van der Waals surface area contributed by atoms with Crippen LogP contribution in [0.4, 0.5) is 0 Å². The van der Waals surface area contributed by atoms with E-state index in [0.717, 1.165) is 4.70 Å². The van der Waals surface area contributed by atoms with E-state index in [4.69, 9.17) is 5.11 Å². The molecule has 0 saturated carbocycles. The van der Waals surface area contributed by atoms with Crippen molar-refractivity contribution in [1.82, 2.24) is 3.96 Å². The molecular formula is C14H8BrNO3S. The minimum Gasteiger partial charge on any atom is -0.478 e. The number of aromatic nitrogens is 1. The number of carbonyl (C=O) groups is 1. The lowest BCUT2D eigenvalue weighted by molar-refractivity contribution is 0.0696. The van der Waals surface area contributed by atoms with Gasteiger partial charge >= 0.3 is 5.97 Å². The Morgan fingerprint density at radius 1 is 1.20 bits per heavy atom. The second kappa shape index (κ2) is 4.88. The van der Waals surface area contributed by atoms with Crippen molar-refractivity contribution in [3.63, 3.8) is 0 Å². The molecule has 1 heterocycles. The summed E-state index contributed by atoms with van der Waals surface area (Å²) >= 11 is 4.49. The Balaban J connectivity index is 2.26. The third-order valence-corrected chi connectivity index (χ3v) is 4.71. The average molecular weight is 350 g/mol. The van der Waals surface area contributed by atoms with Crippen LogP contribution in [0.25, 0.3) is 15.8 Å². The molecule has 0 bridgehead atoms. The molecule has 1 aromatic heterocycles. The number of rotatable bonds is 2. The van der Waals surface area contributed by atoms with Crippen LogP contribution in [-0.4, -0.2) is 15.0 Å². The van der Waals surface area contributed by atoms with Crippen molar-refractivity contribution in [3.05, 3.63) is 62.9 Å². The molecule has 2 aromatic carbocycles. The molecule has 0 aliphatic heterocycles. The molecule has 0 spiro atoms. The minimum absolute atomic E-state index is 0.131. The predicted octanol–water partition coefficient (Wildman–Crippen LogP) is 3.51. The van der Waals surface area contributed by atoms with Gasteiger partial charge in [-0.1, -0.05) is 23.7 Å². The molecule has 0 aliphatic carbocycles. The van der Waals surface area contributed by atoms with Crippen LogP contribution in [0.1, 0.15) is 10.4 Å². The number of hydrogen-bond acceptors (Lipinski definition) is 3. The number of nitrogens with zero attached hydrogens (tertiary/aromatic N) is 1. The van der Waals surface area contributed by atoms with E-state index in [1.807, 2.05) is 18.2 Å². The van der Waals surface area contributed by atoms with Crippen LogP contribution in [0.3, 0.4) is 0 Å². The van der Waals surface area contributed by atoms with Gasteiger partial charge in [-0.05, 0) is 46.3 Å². The van der Waals surface area contributed by atoms with Crippen molar-refractivity contribution in [1.29, 1.82) is 0 Å². The average Bonchev–Trinajstić information content (AvgIpc) is 2.77. The zero-order valence-electron chi connectivity index (χ0n) is 10.0. The maximum atomic E-state index is 12.3. The molecule has 0 atom stereocenters.